The second-order valence-electron chi connectivity index (χ2n) is 7.65. The van der Waals surface area contributed by atoms with Crippen molar-refractivity contribution in [1.82, 2.24) is 20.4 Å². The number of thiophene rings is 1. The highest BCUT2D eigenvalue weighted by Crippen LogP contribution is 2.37. The topological polar surface area (TPSA) is 101 Å². The first-order valence-corrected chi connectivity index (χ1v) is 11.1. The van der Waals surface area contributed by atoms with E-state index in [1.165, 1.54) is 41.5 Å². The molecule has 7 nitrogen and oxygen atoms in total. The van der Waals surface area contributed by atoms with E-state index < -0.39 is 12.1 Å². The zero-order valence-electron chi connectivity index (χ0n) is 17.3. The zero-order chi connectivity index (χ0) is 22.9. The molecule has 5 rings (SSSR count). The van der Waals surface area contributed by atoms with Crippen molar-refractivity contribution < 1.29 is 27.6 Å². The number of carboxylic acids is 1. The summed E-state index contributed by atoms with van der Waals surface area (Å²) in [6.45, 7) is 3.87. The van der Waals surface area contributed by atoms with Crippen LogP contribution in [0.3, 0.4) is 0 Å². The quantitative estimate of drug-likeness (QED) is 0.580. The Bertz CT molecular complexity index is 1140. The summed E-state index contributed by atoms with van der Waals surface area (Å²) in [7, 11) is 0. The van der Waals surface area contributed by atoms with Gasteiger partial charge in [-0.25, -0.2) is 4.79 Å². The number of carboxylic acid groups (broad SMARTS) is 1. The Kier molecular flexibility index (Phi) is 6.29. The molecule has 0 unspecified atom stereocenters. The summed E-state index contributed by atoms with van der Waals surface area (Å²) in [5.41, 5.74) is 7.46. The molecule has 3 aromatic heterocycles. The predicted molar refractivity (Wildman–Crippen MR) is 111 cm³/mol. The lowest BCUT2D eigenvalue weighted by atomic mass is 9.94. The van der Waals surface area contributed by atoms with Crippen LogP contribution in [0.1, 0.15) is 40.8 Å². The standard InChI is InChI=1S/C19H20N4OS.C2HF3O2/c1-11-16(14-6-7-20-8-13(14)9-21-11)18-22-19(24-23-18)17-15-5-3-2-4-12(15)10-25-17;3-2(4,5)1(6)7/h9-10,20H,2-8H2,1H3;(H,6,7). The third-order valence-corrected chi connectivity index (χ3v) is 6.58. The largest absolute Gasteiger partial charge is 0.490 e. The van der Waals surface area contributed by atoms with Crippen molar-refractivity contribution in [1.29, 1.82) is 0 Å². The number of fused-ring (bicyclic) bond motifs is 2. The molecule has 0 fully saturated rings. The number of hydrogen-bond acceptors (Lipinski definition) is 7. The molecule has 0 saturated carbocycles. The lowest BCUT2D eigenvalue weighted by Gasteiger charge is -2.19. The average molecular weight is 466 g/mol. The number of pyridine rings is 1. The van der Waals surface area contributed by atoms with Crippen LogP contribution in [0.25, 0.3) is 22.2 Å². The van der Waals surface area contributed by atoms with Gasteiger partial charge in [0.25, 0.3) is 5.89 Å². The van der Waals surface area contributed by atoms with Crippen molar-refractivity contribution in [3.8, 4) is 22.2 Å². The minimum atomic E-state index is -5.08. The van der Waals surface area contributed by atoms with Gasteiger partial charge in [-0.1, -0.05) is 5.16 Å². The molecule has 0 bridgehead atoms. The fourth-order valence-corrected chi connectivity index (χ4v) is 5.06. The number of nitrogens with zero attached hydrogens (tertiary/aromatic N) is 3. The molecule has 0 radical (unpaired) electrons. The second-order valence-corrected chi connectivity index (χ2v) is 8.53. The number of nitrogens with one attached hydrogen (secondary N) is 1. The summed E-state index contributed by atoms with van der Waals surface area (Å²) in [4.78, 5) is 19.4. The van der Waals surface area contributed by atoms with Gasteiger partial charge in [-0.15, -0.1) is 11.3 Å². The number of carbonyl (C=O) groups is 1. The average Bonchev–Trinajstić information content (AvgIpc) is 3.40. The van der Waals surface area contributed by atoms with E-state index in [4.69, 9.17) is 19.4 Å². The zero-order valence-corrected chi connectivity index (χ0v) is 18.1. The van der Waals surface area contributed by atoms with E-state index in [1.807, 2.05) is 13.1 Å². The third-order valence-electron chi connectivity index (χ3n) is 5.52. The van der Waals surface area contributed by atoms with Crippen molar-refractivity contribution in [2.45, 2.75) is 51.7 Å². The number of rotatable bonds is 2. The van der Waals surface area contributed by atoms with Crippen molar-refractivity contribution in [2.24, 2.45) is 0 Å². The highest BCUT2D eigenvalue weighted by atomic mass is 32.1. The molecule has 4 heterocycles. The van der Waals surface area contributed by atoms with Crippen LogP contribution < -0.4 is 5.32 Å². The Morgan fingerprint density at radius 1 is 1.19 bits per heavy atom. The predicted octanol–water partition coefficient (Wildman–Crippen LogP) is 4.33. The molecule has 0 spiro atoms. The van der Waals surface area contributed by atoms with Crippen LogP contribution >= 0.6 is 11.3 Å². The molecule has 0 amide bonds. The minimum Gasteiger partial charge on any atom is -0.475 e. The lowest BCUT2D eigenvalue weighted by molar-refractivity contribution is -0.192. The summed E-state index contributed by atoms with van der Waals surface area (Å²) < 4.78 is 37.4. The van der Waals surface area contributed by atoms with E-state index in [9.17, 15) is 13.2 Å². The molecule has 0 saturated heterocycles. The molecule has 0 atom stereocenters. The Morgan fingerprint density at radius 2 is 1.94 bits per heavy atom. The highest BCUT2D eigenvalue weighted by molar-refractivity contribution is 7.13. The first-order valence-electron chi connectivity index (χ1n) is 10.2. The summed E-state index contributed by atoms with van der Waals surface area (Å²) in [6, 6.07) is 0. The summed E-state index contributed by atoms with van der Waals surface area (Å²) in [5, 5.41) is 17.1. The van der Waals surface area contributed by atoms with E-state index in [0.29, 0.717) is 11.7 Å². The van der Waals surface area contributed by atoms with E-state index in [-0.39, 0.29) is 0 Å². The maximum absolute atomic E-state index is 10.6. The Morgan fingerprint density at radius 3 is 2.69 bits per heavy atom. The first-order chi connectivity index (χ1) is 15.3. The van der Waals surface area contributed by atoms with E-state index in [0.717, 1.165) is 42.1 Å². The smallest absolute Gasteiger partial charge is 0.475 e. The molecular formula is C21H21F3N4O3S. The van der Waals surface area contributed by atoms with E-state index in [1.54, 1.807) is 11.3 Å². The summed E-state index contributed by atoms with van der Waals surface area (Å²) in [5.74, 6) is -1.42. The molecule has 3 aromatic rings. The molecule has 1 aliphatic carbocycles. The molecule has 0 aromatic carbocycles. The fraction of sp³-hybridized carbons (Fsp3) is 0.429. The number of hydrogen-bond donors (Lipinski definition) is 2. The minimum absolute atomic E-state index is 0.661. The number of alkyl halides is 3. The fourth-order valence-electron chi connectivity index (χ4n) is 3.98. The second kappa shape index (κ2) is 8.99. The van der Waals surface area contributed by atoms with Crippen LogP contribution in [0.4, 0.5) is 13.2 Å². The van der Waals surface area contributed by atoms with Crippen LogP contribution in [0.15, 0.2) is 16.1 Å². The Labute approximate surface area is 185 Å². The molecule has 2 N–H and O–H groups in total. The van der Waals surface area contributed by atoms with Gasteiger partial charge in [0.2, 0.25) is 5.82 Å². The molecule has 2 aliphatic rings. The number of aliphatic carboxylic acids is 1. The van der Waals surface area contributed by atoms with E-state index in [2.05, 4.69) is 20.8 Å². The summed E-state index contributed by atoms with van der Waals surface area (Å²) >= 11 is 1.74. The van der Waals surface area contributed by atoms with Gasteiger partial charge in [-0.3, -0.25) is 4.98 Å². The van der Waals surface area contributed by atoms with Crippen molar-refractivity contribution in [3.05, 3.63) is 39.5 Å². The number of halogens is 3. The maximum Gasteiger partial charge on any atom is 0.490 e. The van der Waals surface area contributed by atoms with Gasteiger partial charge in [-0.05, 0) is 73.2 Å². The van der Waals surface area contributed by atoms with Gasteiger partial charge >= 0.3 is 12.1 Å². The molecular weight excluding hydrogens is 445 g/mol. The number of aromatic nitrogens is 3. The molecule has 11 heteroatoms. The first kappa shape index (κ1) is 22.4. The Balaban J connectivity index is 0.000000307. The molecule has 32 heavy (non-hydrogen) atoms. The number of aryl methyl sites for hydroxylation is 2. The van der Waals surface area contributed by atoms with E-state index >= 15 is 0 Å². The lowest BCUT2D eigenvalue weighted by Crippen LogP contribution is -2.24. The van der Waals surface area contributed by atoms with Crippen LogP contribution in [-0.2, 0) is 30.6 Å². The van der Waals surface area contributed by atoms with Gasteiger partial charge in [-0.2, -0.15) is 18.2 Å². The van der Waals surface area contributed by atoms with Gasteiger partial charge in [0.05, 0.1) is 4.88 Å². The normalized spacial score (nSPS) is 15.4. The maximum atomic E-state index is 10.6. The van der Waals surface area contributed by atoms with Crippen molar-refractivity contribution >= 4 is 17.3 Å². The molecule has 170 valence electrons. The highest BCUT2D eigenvalue weighted by Gasteiger charge is 2.38. The van der Waals surface area contributed by atoms with Crippen molar-refractivity contribution in [2.75, 3.05) is 6.54 Å². The van der Waals surface area contributed by atoms with Crippen molar-refractivity contribution in [3.63, 3.8) is 0 Å². The Hall–Kier alpha value is -2.79. The molecule has 1 aliphatic heterocycles. The van der Waals surface area contributed by atoms with Gasteiger partial charge < -0.3 is 14.9 Å². The van der Waals surface area contributed by atoms with Crippen LogP contribution in [0.2, 0.25) is 0 Å². The van der Waals surface area contributed by atoms with Gasteiger partial charge in [0.15, 0.2) is 0 Å². The third kappa shape index (κ3) is 4.53. The van der Waals surface area contributed by atoms with Crippen LogP contribution in [0, 0.1) is 6.92 Å². The van der Waals surface area contributed by atoms with Gasteiger partial charge in [0.1, 0.15) is 0 Å². The monoisotopic (exact) mass is 466 g/mol. The van der Waals surface area contributed by atoms with Gasteiger partial charge in [0, 0.05) is 24.0 Å². The van der Waals surface area contributed by atoms with Crippen LogP contribution in [0.5, 0.6) is 0 Å². The SMILES string of the molecule is Cc1ncc2c(c1-c1noc(-c3scc4c3CCCC4)n1)CCNC2.O=C(O)C(F)(F)F. The van der Waals surface area contributed by atoms with Crippen LogP contribution in [-0.4, -0.2) is 38.9 Å². The summed E-state index contributed by atoms with van der Waals surface area (Å²) in [6.07, 6.45) is 2.70.